The molecule has 1 heterocycles. The summed E-state index contributed by atoms with van der Waals surface area (Å²) in [7, 11) is 4.38. The molecule has 0 unspecified atom stereocenters. The molecule has 1 aliphatic rings. The van der Waals surface area contributed by atoms with Crippen molar-refractivity contribution in [1.82, 2.24) is 9.80 Å². The number of rotatable bonds is 6. The normalized spacial score (nSPS) is 17.1. The Morgan fingerprint density at radius 2 is 1.95 bits per heavy atom. The first kappa shape index (κ1) is 16.2. The number of likely N-dealkylation sites (N-methyl/N-ethyl adjacent to an activating group) is 1. The predicted molar refractivity (Wildman–Crippen MR) is 91.0 cm³/mol. The van der Waals surface area contributed by atoms with Gasteiger partial charge in [-0.3, -0.25) is 4.90 Å². The van der Waals surface area contributed by atoms with E-state index in [1.807, 2.05) is 24.3 Å². The monoisotopic (exact) mass is 307 g/mol. The Morgan fingerprint density at radius 3 is 2.52 bits per heavy atom. The Morgan fingerprint density at radius 1 is 1.33 bits per heavy atom. The van der Waals surface area contributed by atoms with Crippen molar-refractivity contribution in [3.05, 3.63) is 29.8 Å². The highest BCUT2D eigenvalue weighted by atomic mass is 32.1. The average molecular weight is 307 g/mol. The Balaban J connectivity index is 1.72. The highest BCUT2D eigenvalue weighted by Gasteiger charge is 2.20. The Labute approximate surface area is 132 Å². The fourth-order valence-electron chi connectivity index (χ4n) is 2.64. The van der Waals surface area contributed by atoms with Crippen molar-refractivity contribution in [3.63, 3.8) is 0 Å². The van der Waals surface area contributed by atoms with Gasteiger partial charge in [-0.1, -0.05) is 12.2 Å². The number of likely N-dealkylation sites (tertiary alicyclic amines) is 1. The molecule has 0 amide bonds. The number of nitrogens with zero attached hydrogens (tertiary/aromatic N) is 2. The SMILES string of the molecule is CN1CCC(N(C)CCOc2ccc(C(N)=S)cc2)CC1. The van der Waals surface area contributed by atoms with Gasteiger partial charge in [0.2, 0.25) is 0 Å². The highest BCUT2D eigenvalue weighted by molar-refractivity contribution is 7.80. The van der Waals surface area contributed by atoms with E-state index in [2.05, 4.69) is 23.9 Å². The zero-order valence-electron chi connectivity index (χ0n) is 12.9. The van der Waals surface area contributed by atoms with Gasteiger partial charge in [-0.05, 0) is 64.3 Å². The van der Waals surface area contributed by atoms with E-state index in [1.165, 1.54) is 25.9 Å². The molecule has 0 saturated carbocycles. The van der Waals surface area contributed by atoms with Gasteiger partial charge in [-0.25, -0.2) is 0 Å². The lowest BCUT2D eigenvalue weighted by atomic mass is 10.0. The van der Waals surface area contributed by atoms with E-state index in [-0.39, 0.29) is 0 Å². The maximum Gasteiger partial charge on any atom is 0.119 e. The molecule has 1 fully saturated rings. The van der Waals surface area contributed by atoms with Crippen LogP contribution in [0.25, 0.3) is 0 Å². The standard InChI is InChI=1S/C16H25N3OS/c1-18-9-7-14(8-10-18)19(2)11-12-20-15-5-3-13(4-6-15)16(17)21/h3-6,14H,7-12H2,1-2H3,(H2,17,21). The number of hydrogen-bond acceptors (Lipinski definition) is 4. The first-order valence-corrected chi connectivity index (χ1v) is 7.88. The van der Waals surface area contributed by atoms with Crippen molar-refractivity contribution in [2.24, 2.45) is 5.73 Å². The first-order valence-electron chi connectivity index (χ1n) is 7.47. The molecule has 2 N–H and O–H groups in total. The molecule has 0 bridgehead atoms. The minimum Gasteiger partial charge on any atom is -0.492 e. The molecule has 1 aromatic rings. The van der Waals surface area contributed by atoms with Crippen LogP contribution in [0.3, 0.4) is 0 Å². The van der Waals surface area contributed by atoms with Gasteiger partial charge in [0.25, 0.3) is 0 Å². The summed E-state index contributed by atoms with van der Waals surface area (Å²) in [5.41, 5.74) is 6.45. The third-order valence-corrected chi connectivity index (χ3v) is 4.40. The number of hydrogen-bond donors (Lipinski definition) is 1. The summed E-state index contributed by atoms with van der Waals surface area (Å²) < 4.78 is 5.79. The molecule has 116 valence electrons. The van der Waals surface area contributed by atoms with Gasteiger partial charge in [0, 0.05) is 18.2 Å². The molecule has 5 heteroatoms. The second kappa shape index (κ2) is 7.73. The molecule has 0 radical (unpaired) electrons. The molecule has 0 spiro atoms. The lowest BCUT2D eigenvalue weighted by molar-refractivity contribution is 0.127. The van der Waals surface area contributed by atoms with Crippen LogP contribution >= 0.6 is 12.2 Å². The van der Waals surface area contributed by atoms with Crippen molar-refractivity contribution in [2.45, 2.75) is 18.9 Å². The zero-order valence-corrected chi connectivity index (χ0v) is 13.7. The quantitative estimate of drug-likeness (QED) is 0.811. The molecule has 1 aromatic carbocycles. The van der Waals surface area contributed by atoms with E-state index in [4.69, 9.17) is 22.7 Å². The lowest BCUT2D eigenvalue weighted by Gasteiger charge is -2.35. The minimum atomic E-state index is 0.420. The number of thiocarbonyl (C=S) groups is 1. The summed E-state index contributed by atoms with van der Waals surface area (Å²) in [5, 5.41) is 0. The van der Waals surface area contributed by atoms with Gasteiger partial charge in [-0.2, -0.15) is 0 Å². The molecule has 21 heavy (non-hydrogen) atoms. The smallest absolute Gasteiger partial charge is 0.119 e. The predicted octanol–water partition coefficient (Wildman–Crippen LogP) is 1.73. The maximum absolute atomic E-state index is 5.79. The van der Waals surface area contributed by atoms with E-state index in [0.29, 0.717) is 17.6 Å². The molecule has 0 aromatic heterocycles. The van der Waals surface area contributed by atoms with Crippen LogP contribution in [-0.4, -0.2) is 61.2 Å². The van der Waals surface area contributed by atoms with Gasteiger partial charge in [0.1, 0.15) is 17.3 Å². The van der Waals surface area contributed by atoms with Gasteiger partial charge < -0.3 is 15.4 Å². The molecular formula is C16H25N3OS. The fraction of sp³-hybridized carbons (Fsp3) is 0.562. The molecule has 1 aliphatic heterocycles. The second-order valence-corrected chi connectivity index (χ2v) is 6.19. The Hall–Kier alpha value is -1.17. The van der Waals surface area contributed by atoms with Gasteiger partial charge >= 0.3 is 0 Å². The van der Waals surface area contributed by atoms with Crippen LogP contribution in [-0.2, 0) is 0 Å². The third kappa shape index (κ3) is 4.95. The number of nitrogens with two attached hydrogens (primary N) is 1. The van der Waals surface area contributed by atoms with E-state index in [1.54, 1.807) is 0 Å². The number of benzene rings is 1. The minimum absolute atomic E-state index is 0.420. The molecule has 0 aliphatic carbocycles. The maximum atomic E-state index is 5.79. The van der Waals surface area contributed by atoms with Crippen LogP contribution in [0.1, 0.15) is 18.4 Å². The molecular weight excluding hydrogens is 282 g/mol. The van der Waals surface area contributed by atoms with Crippen LogP contribution in [0, 0.1) is 0 Å². The average Bonchev–Trinajstić information content (AvgIpc) is 2.48. The number of piperidine rings is 1. The van der Waals surface area contributed by atoms with Crippen LogP contribution in [0.5, 0.6) is 5.75 Å². The fourth-order valence-corrected chi connectivity index (χ4v) is 2.78. The summed E-state index contributed by atoms with van der Waals surface area (Å²) >= 11 is 4.93. The largest absolute Gasteiger partial charge is 0.492 e. The zero-order chi connectivity index (χ0) is 15.2. The molecule has 4 nitrogen and oxygen atoms in total. The van der Waals surface area contributed by atoms with Crippen molar-refractivity contribution in [3.8, 4) is 5.75 Å². The van der Waals surface area contributed by atoms with E-state index < -0.39 is 0 Å². The number of ether oxygens (including phenoxy) is 1. The van der Waals surface area contributed by atoms with Gasteiger partial charge in [0.15, 0.2) is 0 Å². The summed E-state index contributed by atoms with van der Waals surface area (Å²) in [5.74, 6) is 0.867. The molecule has 0 atom stereocenters. The summed E-state index contributed by atoms with van der Waals surface area (Å²) in [6.07, 6.45) is 2.49. The van der Waals surface area contributed by atoms with Gasteiger partial charge in [0.05, 0.1) is 0 Å². The van der Waals surface area contributed by atoms with Crippen LogP contribution < -0.4 is 10.5 Å². The molecule has 2 rings (SSSR count). The van der Waals surface area contributed by atoms with Crippen LogP contribution in [0.2, 0.25) is 0 Å². The van der Waals surface area contributed by atoms with Crippen LogP contribution in [0.4, 0.5) is 0 Å². The van der Waals surface area contributed by atoms with E-state index in [9.17, 15) is 0 Å². The van der Waals surface area contributed by atoms with Crippen LogP contribution in [0.15, 0.2) is 24.3 Å². The summed E-state index contributed by atoms with van der Waals surface area (Å²) in [6.45, 7) is 4.04. The van der Waals surface area contributed by atoms with E-state index >= 15 is 0 Å². The van der Waals surface area contributed by atoms with Crippen molar-refractivity contribution in [1.29, 1.82) is 0 Å². The summed E-state index contributed by atoms with van der Waals surface area (Å²) in [6, 6.07) is 8.33. The summed E-state index contributed by atoms with van der Waals surface area (Å²) in [4.78, 5) is 5.23. The second-order valence-electron chi connectivity index (χ2n) is 5.75. The van der Waals surface area contributed by atoms with Crippen molar-refractivity contribution < 1.29 is 4.74 Å². The topological polar surface area (TPSA) is 41.7 Å². The van der Waals surface area contributed by atoms with E-state index in [0.717, 1.165) is 17.9 Å². The Bertz CT molecular complexity index is 455. The first-order chi connectivity index (χ1) is 10.1. The lowest BCUT2D eigenvalue weighted by Crippen LogP contribution is -2.43. The van der Waals surface area contributed by atoms with Gasteiger partial charge in [-0.15, -0.1) is 0 Å². The van der Waals surface area contributed by atoms with Crippen molar-refractivity contribution >= 4 is 17.2 Å². The third-order valence-electron chi connectivity index (χ3n) is 4.16. The van der Waals surface area contributed by atoms with Crippen molar-refractivity contribution in [2.75, 3.05) is 40.3 Å². The highest BCUT2D eigenvalue weighted by Crippen LogP contribution is 2.15. The molecule has 1 saturated heterocycles. The Kier molecular flexibility index (Phi) is 5.96.